The first-order chi connectivity index (χ1) is 9.87. The third-order valence-corrected chi connectivity index (χ3v) is 6.30. The Balaban J connectivity index is 2.12. The fourth-order valence-electron chi connectivity index (χ4n) is 3.26. The lowest BCUT2D eigenvalue weighted by Gasteiger charge is -2.47. The summed E-state index contributed by atoms with van der Waals surface area (Å²) in [6, 6.07) is -0.428. The van der Waals surface area contributed by atoms with E-state index in [0.29, 0.717) is 13.0 Å². The van der Waals surface area contributed by atoms with Crippen molar-refractivity contribution in [2.45, 2.75) is 69.2 Å². The Morgan fingerprint density at radius 1 is 1.33 bits per heavy atom. The molecule has 1 heterocycles. The summed E-state index contributed by atoms with van der Waals surface area (Å²) in [5, 5.41) is 3.02. The van der Waals surface area contributed by atoms with Crippen LogP contribution in [-0.2, 0) is 20.4 Å². The number of rotatable bonds is 4. The van der Waals surface area contributed by atoms with E-state index in [4.69, 9.17) is 0 Å². The Bertz CT molecular complexity index is 446. The van der Waals surface area contributed by atoms with Gasteiger partial charge in [-0.15, -0.1) is 0 Å². The summed E-state index contributed by atoms with van der Waals surface area (Å²) in [7, 11) is -0.898. The fraction of sp³-hybridized carbons (Fsp3) is 0.867. The van der Waals surface area contributed by atoms with Crippen molar-refractivity contribution in [3.8, 4) is 0 Å². The van der Waals surface area contributed by atoms with Crippen LogP contribution >= 0.6 is 0 Å². The highest BCUT2D eigenvalue weighted by molar-refractivity contribution is 7.84. The maximum absolute atomic E-state index is 12.9. The molecular weight excluding hydrogens is 288 g/mol. The largest absolute Gasteiger partial charge is 0.340 e. The monoisotopic (exact) mass is 314 g/mol. The number of carbonyl (C=O) groups excluding carboxylic acids is 2. The summed E-state index contributed by atoms with van der Waals surface area (Å²) < 4.78 is 11.5. The van der Waals surface area contributed by atoms with Crippen molar-refractivity contribution < 1.29 is 13.8 Å². The predicted molar refractivity (Wildman–Crippen MR) is 83.3 cm³/mol. The molecule has 1 N–H and O–H groups in total. The van der Waals surface area contributed by atoms with Crippen molar-refractivity contribution >= 4 is 22.6 Å². The SMILES string of the molecule is CC1C(=O)NC2(CCCCC2)C(=O)N1CCC(C)S(C)=O. The zero-order valence-corrected chi connectivity index (χ0v) is 14.0. The van der Waals surface area contributed by atoms with Gasteiger partial charge in [0.25, 0.3) is 0 Å². The molecule has 6 heteroatoms. The van der Waals surface area contributed by atoms with Gasteiger partial charge in [0.1, 0.15) is 11.6 Å². The van der Waals surface area contributed by atoms with Gasteiger partial charge in [-0.1, -0.05) is 26.2 Å². The lowest BCUT2D eigenvalue weighted by atomic mass is 9.78. The van der Waals surface area contributed by atoms with Crippen LogP contribution in [0, 0.1) is 0 Å². The van der Waals surface area contributed by atoms with Crippen LogP contribution in [0.1, 0.15) is 52.4 Å². The smallest absolute Gasteiger partial charge is 0.248 e. The first-order valence-corrected chi connectivity index (χ1v) is 9.45. The highest BCUT2D eigenvalue weighted by Gasteiger charge is 2.49. The number of nitrogens with zero attached hydrogens (tertiary/aromatic N) is 1. The van der Waals surface area contributed by atoms with Crippen molar-refractivity contribution in [1.29, 1.82) is 0 Å². The normalized spacial score (nSPS) is 28.3. The lowest BCUT2D eigenvalue weighted by molar-refractivity contribution is -0.156. The molecule has 1 saturated heterocycles. The second-order valence-electron chi connectivity index (χ2n) is 6.40. The predicted octanol–water partition coefficient (Wildman–Crippen LogP) is 1.19. The van der Waals surface area contributed by atoms with E-state index in [1.807, 2.05) is 6.92 Å². The van der Waals surface area contributed by atoms with Crippen LogP contribution in [0.2, 0.25) is 0 Å². The van der Waals surface area contributed by atoms with Crippen LogP contribution < -0.4 is 5.32 Å². The van der Waals surface area contributed by atoms with Gasteiger partial charge in [-0.05, 0) is 26.2 Å². The summed E-state index contributed by atoms with van der Waals surface area (Å²) >= 11 is 0. The third-order valence-electron chi connectivity index (χ3n) is 4.93. The van der Waals surface area contributed by atoms with Crippen LogP contribution in [0.25, 0.3) is 0 Å². The second-order valence-corrected chi connectivity index (χ2v) is 8.21. The molecule has 0 aromatic heterocycles. The van der Waals surface area contributed by atoms with E-state index in [1.54, 1.807) is 18.1 Å². The molecular formula is C15H26N2O3S. The minimum absolute atomic E-state index is 0.0392. The minimum atomic E-state index is -0.898. The van der Waals surface area contributed by atoms with Gasteiger partial charge in [0, 0.05) is 28.9 Å². The highest BCUT2D eigenvalue weighted by Crippen LogP contribution is 2.33. The summed E-state index contributed by atoms with van der Waals surface area (Å²) in [6.07, 6.45) is 6.95. The quantitative estimate of drug-likeness (QED) is 0.848. The number of piperazine rings is 1. The fourth-order valence-corrected chi connectivity index (χ4v) is 3.70. The molecule has 1 spiro atoms. The molecule has 5 nitrogen and oxygen atoms in total. The zero-order chi connectivity index (χ0) is 15.6. The summed E-state index contributed by atoms with van der Waals surface area (Å²) in [6.45, 7) is 4.21. The molecule has 3 atom stereocenters. The summed E-state index contributed by atoms with van der Waals surface area (Å²) in [5.74, 6) is 0.00478. The van der Waals surface area contributed by atoms with Gasteiger partial charge in [-0.2, -0.15) is 0 Å². The van der Waals surface area contributed by atoms with E-state index in [2.05, 4.69) is 5.32 Å². The molecule has 0 bridgehead atoms. The van der Waals surface area contributed by atoms with Gasteiger partial charge in [-0.3, -0.25) is 13.8 Å². The molecule has 0 aromatic rings. The van der Waals surface area contributed by atoms with Crippen LogP contribution in [0.4, 0.5) is 0 Å². The molecule has 1 saturated carbocycles. The molecule has 1 aliphatic carbocycles. The molecule has 120 valence electrons. The molecule has 3 unspecified atom stereocenters. The van der Waals surface area contributed by atoms with Crippen LogP contribution in [0.3, 0.4) is 0 Å². The first-order valence-electron chi connectivity index (χ1n) is 7.83. The average molecular weight is 314 g/mol. The Hall–Kier alpha value is -0.910. The average Bonchev–Trinajstić information content (AvgIpc) is 2.46. The van der Waals surface area contributed by atoms with Crippen molar-refractivity contribution in [2.24, 2.45) is 0 Å². The Morgan fingerprint density at radius 2 is 1.95 bits per heavy atom. The number of amides is 2. The highest BCUT2D eigenvalue weighted by atomic mass is 32.2. The Morgan fingerprint density at radius 3 is 2.52 bits per heavy atom. The maximum Gasteiger partial charge on any atom is 0.248 e. The molecule has 2 amide bonds. The van der Waals surface area contributed by atoms with Gasteiger partial charge in [0.05, 0.1) is 0 Å². The second kappa shape index (κ2) is 6.46. The molecule has 21 heavy (non-hydrogen) atoms. The molecule has 2 aliphatic rings. The van der Waals surface area contributed by atoms with Crippen LogP contribution in [0.15, 0.2) is 0 Å². The lowest BCUT2D eigenvalue weighted by Crippen LogP contribution is -2.70. The van der Waals surface area contributed by atoms with Gasteiger partial charge >= 0.3 is 0 Å². The van der Waals surface area contributed by atoms with Crippen molar-refractivity contribution in [2.75, 3.05) is 12.8 Å². The molecule has 2 fully saturated rings. The number of hydrogen-bond acceptors (Lipinski definition) is 3. The van der Waals surface area contributed by atoms with Crippen molar-refractivity contribution in [3.63, 3.8) is 0 Å². The molecule has 2 rings (SSSR count). The minimum Gasteiger partial charge on any atom is -0.340 e. The van der Waals surface area contributed by atoms with E-state index in [-0.39, 0.29) is 17.1 Å². The summed E-state index contributed by atoms with van der Waals surface area (Å²) in [5.41, 5.74) is -0.670. The zero-order valence-electron chi connectivity index (χ0n) is 13.2. The molecule has 0 aromatic carbocycles. The van der Waals surface area contributed by atoms with Crippen LogP contribution in [0.5, 0.6) is 0 Å². The Kier molecular flexibility index (Phi) is 5.07. The topological polar surface area (TPSA) is 66.5 Å². The van der Waals surface area contributed by atoms with Gasteiger partial charge in [-0.25, -0.2) is 0 Å². The van der Waals surface area contributed by atoms with E-state index >= 15 is 0 Å². The van der Waals surface area contributed by atoms with Crippen LogP contribution in [-0.4, -0.2) is 50.6 Å². The van der Waals surface area contributed by atoms with Crippen molar-refractivity contribution in [3.05, 3.63) is 0 Å². The number of nitrogens with one attached hydrogen (secondary N) is 1. The molecule has 0 radical (unpaired) electrons. The number of hydrogen-bond donors (Lipinski definition) is 1. The Labute approximate surface area is 129 Å². The van der Waals surface area contributed by atoms with E-state index in [9.17, 15) is 13.8 Å². The van der Waals surface area contributed by atoms with E-state index in [1.165, 1.54) is 0 Å². The van der Waals surface area contributed by atoms with E-state index in [0.717, 1.165) is 32.1 Å². The first kappa shape index (κ1) is 16.5. The molecule has 1 aliphatic heterocycles. The van der Waals surface area contributed by atoms with Gasteiger partial charge in [0.15, 0.2) is 0 Å². The standard InChI is InChI=1S/C15H26N2O3S/c1-11(21(3)20)7-10-17-12(2)13(18)16-15(14(17)19)8-5-4-6-9-15/h11-12H,4-10H2,1-3H3,(H,16,18). The number of carbonyl (C=O) groups is 2. The summed E-state index contributed by atoms with van der Waals surface area (Å²) in [4.78, 5) is 26.8. The van der Waals surface area contributed by atoms with E-state index < -0.39 is 22.4 Å². The third kappa shape index (κ3) is 3.30. The van der Waals surface area contributed by atoms with Gasteiger partial charge < -0.3 is 10.2 Å². The maximum atomic E-state index is 12.9. The van der Waals surface area contributed by atoms with Gasteiger partial charge in [0.2, 0.25) is 11.8 Å². The van der Waals surface area contributed by atoms with Crippen molar-refractivity contribution in [1.82, 2.24) is 10.2 Å².